The van der Waals surface area contributed by atoms with Gasteiger partial charge in [-0.1, -0.05) is 13.8 Å². The molecule has 2 N–H and O–H groups in total. The van der Waals surface area contributed by atoms with Gasteiger partial charge in [0, 0.05) is 24.1 Å². The number of amides is 1. The number of carbonyl (C=O) groups excluding carboxylic acids is 2. The number of carboxylic acid groups (broad SMARTS) is 1. The normalized spacial score (nSPS) is 24.1. The minimum absolute atomic E-state index is 0. The van der Waals surface area contributed by atoms with Crippen LogP contribution in [-0.4, -0.2) is 45.1 Å². The summed E-state index contributed by atoms with van der Waals surface area (Å²) in [4.78, 5) is 28.4. The van der Waals surface area contributed by atoms with Crippen LogP contribution < -0.4 is 66.5 Å². The number of aliphatic hydroxyl groups excluding tert-OH is 1. The molecule has 1 aliphatic rings. The number of aliphatic carboxylic acids is 1. The molecule has 1 fully saturated rings. The molecule has 3 rings (SSSR count). The zero-order chi connectivity index (χ0) is 17.7. The molecule has 9 heteroatoms. The van der Waals surface area contributed by atoms with Crippen molar-refractivity contribution in [2.24, 2.45) is 5.41 Å². The number of aromatic nitrogens is 2. The molecule has 0 aliphatic heterocycles. The molecule has 0 saturated heterocycles. The Morgan fingerprint density at radius 2 is 2.16 bits per heavy atom. The summed E-state index contributed by atoms with van der Waals surface area (Å²) in [6.45, 7) is 3.16. The maximum Gasteiger partial charge on any atom is 1.00 e. The number of pyridine rings is 1. The number of hydrogen-bond donors (Lipinski definition) is 2. The standard InChI is InChI=1S/C16H19N3O5.K/c1-15(2)11(20)7-16(15,14(22)23)18-13(21)10-8-17-12-6-9(24-3)4-5-19(10)12;/h4-6,8,11,20H,7H2,1-3H3,(H,18,21)(H,22,23);/q;+1/p-1. The van der Waals surface area contributed by atoms with Crippen LogP contribution in [0.4, 0.5) is 0 Å². The number of imidazole rings is 1. The van der Waals surface area contributed by atoms with Crippen molar-refractivity contribution in [3.8, 4) is 5.75 Å². The number of carbonyl (C=O) groups is 2. The molecule has 0 spiro atoms. The van der Waals surface area contributed by atoms with Gasteiger partial charge in [-0.3, -0.25) is 9.20 Å². The van der Waals surface area contributed by atoms with E-state index in [2.05, 4.69) is 10.3 Å². The Morgan fingerprint density at radius 1 is 1.48 bits per heavy atom. The summed E-state index contributed by atoms with van der Waals surface area (Å²) in [6, 6.07) is 3.32. The topological polar surface area (TPSA) is 116 Å². The van der Waals surface area contributed by atoms with E-state index in [-0.39, 0.29) is 63.5 Å². The maximum absolute atomic E-state index is 12.6. The summed E-state index contributed by atoms with van der Waals surface area (Å²) in [5, 5.41) is 24.0. The number of methoxy groups -OCH3 is 1. The van der Waals surface area contributed by atoms with Gasteiger partial charge in [-0.25, -0.2) is 4.98 Å². The molecule has 0 aromatic carbocycles. The molecule has 2 atom stereocenters. The molecular formula is C16H18KN3O5. The monoisotopic (exact) mass is 371 g/mol. The average molecular weight is 371 g/mol. The Morgan fingerprint density at radius 3 is 2.68 bits per heavy atom. The summed E-state index contributed by atoms with van der Waals surface area (Å²) in [6.07, 6.45) is 2.04. The van der Waals surface area contributed by atoms with Crippen molar-refractivity contribution in [2.45, 2.75) is 31.9 Å². The number of hydrogen-bond acceptors (Lipinski definition) is 6. The number of aliphatic hydroxyl groups is 1. The van der Waals surface area contributed by atoms with Crippen LogP contribution in [0.25, 0.3) is 5.65 Å². The first-order valence-corrected chi connectivity index (χ1v) is 7.46. The third-order valence-electron chi connectivity index (χ3n) is 5.06. The van der Waals surface area contributed by atoms with E-state index in [1.165, 1.54) is 17.7 Å². The van der Waals surface area contributed by atoms with Gasteiger partial charge in [0.1, 0.15) is 17.1 Å². The molecule has 128 valence electrons. The Hall–Kier alpha value is -0.974. The molecule has 0 bridgehead atoms. The molecule has 25 heavy (non-hydrogen) atoms. The number of nitrogens with one attached hydrogen (secondary N) is 1. The van der Waals surface area contributed by atoms with Gasteiger partial charge in [-0.2, -0.15) is 0 Å². The van der Waals surface area contributed by atoms with Crippen LogP contribution in [0.2, 0.25) is 0 Å². The zero-order valence-corrected chi connectivity index (χ0v) is 17.7. The van der Waals surface area contributed by atoms with Gasteiger partial charge in [0.15, 0.2) is 0 Å². The van der Waals surface area contributed by atoms with E-state index in [0.717, 1.165) is 0 Å². The Labute approximate surface area is 187 Å². The molecule has 0 radical (unpaired) electrons. The maximum atomic E-state index is 12.6. The van der Waals surface area contributed by atoms with Crippen LogP contribution in [0.5, 0.6) is 5.75 Å². The quantitative estimate of drug-likeness (QED) is 0.536. The van der Waals surface area contributed by atoms with E-state index in [9.17, 15) is 19.8 Å². The van der Waals surface area contributed by atoms with E-state index in [4.69, 9.17) is 4.74 Å². The number of nitrogens with zero attached hydrogens (tertiary/aromatic N) is 2. The molecule has 8 nitrogen and oxygen atoms in total. The largest absolute Gasteiger partial charge is 1.00 e. The van der Waals surface area contributed by atoms with E-state index in [0.29, 0.717) is 11.4 Å². The zero-order valence-electron chi connectivity index (χ0n) is 14.6. The van der Waals surface area contributed by atoms with Crippen LogP contribution in [0, 0.1) is 5.41 Å². The van der Waals surface area contributed by atoms with E-state index < -0.39 is 28.9 Å². The second-order valence-electron chi connectivity index (χ2n) is 6.53. The van der Waals surface area contributed by atoms with Gasteiger partial charge in [-0.05, 0) is 6.07 Å². The van der Waals surface area contributed by atoms with Crippen LogP contribution in [0.15, 0.2) is 24.5 Å². The average Bonchev–Trinajstić information content (AvgIpc) is 2.96. The minimum atomic E-state index is -1.62. The molecule has 2 aromatic rings. The number of fused-ring (bicyclic) bond motifs is 1. The van der Waals surface area contributed by atoms with Gasteiger partial charge < -0.3 is 25.1 Å². The van der Waals surface area contributed by atoms with Crippen molar-refractivity contribution in [3.05, 3.63) is 30.2 Å². The third kappa shape index (κ3) is 3.02. The fourth-order valence-electron chi connectivity index (χ4n) is 3.09. The van der Waals surface area contributed by atoms with Crippen molar-refractivity contribution < 1.29 is 75.9 Å². The van der Waals surface area contributed by atoms with Gasteiger partial charge in [-0.15, -0.1) is 0 Å². The molecule has 1 saturated carbocycles. The summed E-state index contributed by atoms with van der Waals surface area (Å²) in [5.41, 5.74) is -1.98. The smallest absolute Gasteiger partial charge is 0.548 e. The Bertz CT molecular complexity index is 834. The molecule has 1 aliphatic carbocycles. The van der Waals surface area contributed by atoms with Crippen LogP contribution in [0.3, 0.4) is 0 Å². The summed E-state index contributed by atoms with van der Waals surface area (Å²) >= 11 is 0. The second kappa shape index (κ2) is 6.97. The van der Waals surface area contributed by atoms with Crippen molar-refractivity contribution in [1.29, 1.82) is 0 Å². The van der Waals surface area contributed by atoms with Gasteiger partial charge in [0.05, 0.1) is 30.9 Å². The van der Waals surface area contributed by atoms with Crippen LogP contribution in [-0.2, 0) is 4.79 Å². The Kier molecular flexibility index (Phi) is 5.67. The molecular weight excluding hydrogens is 353 g/mol. The number of carboxylic acids is 1. The van der Waals surface area contributed by atoms with Crippen LogP contribution >= 0.6 is 0 Å². The summed E-state index contributed by atoms with van der Waals surface area (Å²) < 4.78 is 6.63. The van der Waals surface area contributed by atoms with Crippen molar-refractivity contribution in [1.82, 2.24) is 14.7 Å². The first-order chi connectivity index (χ1) is 11.2. The third-order valence-corrected chi connectivity index (χ3v) is 5.06. The van der Waals surface area contributed by atoms with Gasteiger partial charge >= 0.3 is 51.4 Å². The predicted molar refractivity (Wildman–Crippen MR) is 81.4 cm³/mol. The molecule has 2 heterocycles. The van der Waals surface area contributed by atoms with E-state index in [1.807, 2.05) is 0 Å². The van der Waals surface area contributed by atoms with Crippen molar-refractivity contribution in [2.75, 3.05) is 7.11 Å². The molecule has 2 unspecified atom stereocenters. The van der Waals surface area contributed by atoms with Gasteiger partial charge in [0.2, 0.25) is 0 Å². The van der Waals surface area contributed by atoms with Gasteiger partial charge in [0.25, 0.3) is 5.91 Å². The summed E-state index contributed by atoms with van der Waals surface area (Å²) in [5.74, 6) is -1.42. The molecule has 1 amide bonds. The fraction of sp³-hybridized carbons (Fsp3) is 0.438. The second-order valence-corrected chi connectivity index (χ2v) is 6.53. The summed E-state index contributed by atoms with van der Waals surface area (Å²) in [7, 11) is 1.52. The molecule has 2 aromatic heterocycles. The predicted octanol–water partition coefficient (Wildman–Crippen LogP) is -3.64. The van der Waals surface area contributed by atoms with Crippen LogP contribution in [0.1, 0.15) is 30.8 Å². The van der Waals surface area contributed by atoms with E-state index >= 15 is 0 Å². The van der Waals surface area contributed by atoms with Crippen molar-refractivity contribution in [3.63, 3.8) is 0 Å². The number of rotatable bonds is 4. The first kappa shape index (κ1) is 20.3. The minimum Gasteiger partial charge on any atom is -0.548 e. The first-order valence-electron chi connectivity index (χ1n) is 7.46. The van der Waals surface area contributed by atoms with E-state index in [1.54, 1.807) is 32.2 Å². The van der Waals surface area contributed by atoms with Crippen molar-refractivity contribution >= 4 is 17.5 Å². The fourth-order valence-corrected chi connectivity index (χ4v) is 3.09. The number of ether oxygens (including phenoxy) is 1. The Balaban J connectivity index is 0.00000225. The SMILES string of the molecule is COc1ccn2c(C(=O)NC3(C(=O)[O-])CC(O)C3(C)C)cnc2c1.[K+].